The third-order valence-corrected chi connectivity index (χ3v) is 4.53. The lowest BCUT2D eigenvalue weighted by Gasteiger charge is -2.20. The highest BCUT2D eigenvalue weighted by atomic mass is 16.5. The summed E-state index contributed by atoms with van der Waals surface area (Å²) in [7, 11) is 0. The molecule has 0 aromatic carbocycles. The van der Waals surface area contributed by atoms with Crippen LogP contribution in [0.1, 0.15) is 60.8 Å². The zero-order chi connectivity index (χ0) is 14.7. The van der Waals surface area contributed by atoms with Crippen LogP contribution in [0.25, 0.3) is 0 Å². The molecule has 1 N–H and O–H groups in total. The third-order valence-electron chi connectivity index (χ3n) is 4.53. The maximum Gasteiger partial charge on any atom is 0.274 e. The van der Waals surface area contributed by atoms with Gasteiger partial charge < -0.3 is 9.64 Å². The summed E-state index contributed by atoms with van der Waals surface area (Å²) in [6, 6.07) is 0. The molecule has 116 valence electrons. The van der Waals surface area contributed by atoms with E-state index >= 15 is 0 Å². The van der Waals surface area contributed by atoms with E-state index in [4.69, 9.17) is 4.74 Å². The van der Waals surface area contributed by atoms with Crippen molar-refractivity contribution >= 4 is 5.91 Å². The molecule has 2 aliphatic rings. The fourth-order valence-corrected chi connectivity index (χ4v) is 3.37. The van der Waals surface area contributed by atoms with Gasteiger partial charge in [-0.25, -0.2) is 0 Å². The Hall–Kier alpha value is -1.36. The molecule has 1 aliphatic heterocycles. The molecule has 1 aromatic rings. The van der Waals surface area contributed by atoms with Crippen LogP contribution in [0.2, 0.25) is 0 Å². The van der Waals surface area contributed by atoms with E-state index in [1.54, 1.807) is 0 Å². The van der Waals surface area contributed by atoms with Crippen LogP contribution in [0.15, 0.2) is 0 Å². The van der Waals surface area contributed by atoms with Crippen molar-refractivity contribution in [1.29, 1.82) is 0 Å². The first-order valence-electron chi connectivity index (χ1n) is 8.26. The van der Waals surface area contributed by atoms with E-state index in [9.17, 15) is 4.79 Å². The van der Waals surface area contributed by atoms with E-state index < -0.39 is 0 Å². The van der Waals surface area contributed by atoms with E-state index in [2.05, 4.69) is 17.1 Å². The molecule has 5 heteroatoms. The number of rotatable bonds is 4. The number of carbonyl (C=O) groups is 1. The highest BCUT2D eigenvalue weighted by molar-refractivity contribution is 5.94. The van der Waals surface area contributed by atoms with Crippen molar-refractivity contribution in [3.05, 3.63) is 17.0 Å². The van der Waals surface area contributed by atoms with E-state index in [1.165, 1.54) is 0 Å². The van der Waals surface area contributed by atoms with Crippen molar-refractivity contribution in [3.63, 3.8) is 0 Å². The van der Waals surface area contributed by atoms with E-state index in [-0.39, 0.29) is 5.91 Å². The Morgan fingerprint density at radius 2 is 2.24 bits per heavy atom. The number of likely N-dealkylation sites (tertiary alicyclic amines) is 1. The van der Waals surface area contributed by atoms with Gasteiger partial charge in [-0.3, -0.25) is 9.89 Å². The zero-order valence-electron chi connectivity index (χ0n) is 12.9. The number of aromatic nitrogens is 2. The lowest BCUT2D eigenvalue weighted by atomic mass is 10.1. The standard InChI is InChI=1S/C16H25N3O2/c1-2-11-21-12-5-4-9-19(10-8-12)16(20)15-13-6-3-7-14(13)17-18-15/h12H,2-11H2,1H3,(H,17,18)/t12-/m1/s1. The quantitative estimate of drug-likeness (QED) is 0.926. The van der Waals surface area contributed by atoms with Gasteiger partial charge in [0.1, 0.15) is 0 Å². The minimum atomic E-state index is 0.102. The van der Waals surface area contributed by atoms with Crippen molar-refractivity contribution in [1.82, 2.24) is 15.1 Å². The molecule has 0 saturated carbocycles. The molecule has 1 saturated heterocycles. The highest BCUT2D eigenvalue weighted by Gasteiger charge is 2.28. The van der Waals surface area contributed by atoms with Crippen LogP contribution < -0.4 is 0 Å². The molecule has 2 heterocycles. The molecule has 1 aliphatic carbocycles. The first-order chi connectivity index (χ1) is 10.3. The van der Waals surface area contributed by atoms with Crippen LogP contribution in [0.5, 0.6) is 0 Å². The number of fused-ring (bicyclic) bond motifs is 1. The predicted octanol–water partition coefficient (Wildman–Crippen LogP) is 2.32. The number of carbonyl (C=O) groups excluding carboxylic acids is 1. The van der Waals surface area contributed by atoms with E-state index in [0.717, 1.165) is 75.9 Å². The Kier molecular flexibility index (Phi) is 4.58. The first kappa shape index (κ1) is 14.6. The SMILES string of the molecule is CCCO[C@@H]1CCCN(C(=O)c2n[nH]c3c2CCC3)CC1. The van der Waals surface area contributed by atoms with Gasteiger partial charge in [-0.05, 0) is 44.9 Å². The Morgan fingerprint density at radius 3 is 3.10 bits per heavy atom. The first-order valence-corrected chi connectivity index (χ1v) is 8.26. The van der Waals surface area contributed by atoms with Gasteiger partial charge in [0, 0.05) is 31.0 Å². The maximum absolute atomic E-state index is 12.7. The number of ether oxygens (including phenoxy) is 1. The summed E-state index contributed by atoms with van der Waals surface area (Å²) in [5, 5.41) is 7.30. The number of nitrogens with zero attached hydrogens (tertiary/aromatic N) is 2. The topological polar surface area (TPSA) is 58.2 Å². The molecule has 0 radical (unpaired) electrons. The number of aromatic amines is 1. The summed E-state index contributed by atoms with van der Waals surface area (Å²) in [5.41, 5.74) is 2.98. The molecular formula is C16H25N3O2. The molecular weight excluding hydrogens is 266 g/mol. The largest absolute Gasteiger partial charge is 0.378 e. The summed E-state index contributed by atoms with van der Waals surface area (Å²) in [5.74, 6) is 0.102. The maximum atomic E-state index is 12.7. The minimum Gasteiger partial charge on any atom is -0.378 e. The number of hydrogen-bond acceptors (Lipinski definition) is 3. The van der Waals surface area contributed by atoms with Crippen molar-refractivity contribution in [2.24, 2.45) is 0 Å². The van der Waals surface area contributed by atoms with E-state index in [1.807, 2.05) is 4.90 Å². The van der Waals surface area contributed by atoms with Crippen LogP contribution >= 0.6 is 0 Å². The minimum absolute atomic E-state index is 0.102. The van der Waals surface area contributed by atoms with Gasteiger partial charge in [0.2, 0.25) is 0 Å². The third kappa shape index (κ3) is 3.12. The van der Waals surface area contributed by atoms with Gasteiger partial charge in [-0.2, -0.15) is 5.10 Å². The zero-order valence-corrected chi connectivity index (χ0v) is 12.9. The van der Waals surface area contributed by atoms with Gasteiger partial charge in [-0.1, -0.05) is 6.92 Å². The Labute approximate surface area is 126 Å². The van der Waals surface area contributed by atoms with Crippen LogP contribution in [-0.2, 0) is 17.6 Å². The summed E-state index contributed by atoms with van der Waals surface area (Å²) in [4.78, 5) is 14.7. The molecule has 0 bridgehead atoms. The molecule has 5 nitrogen and oxygen atoms in total. The lowest BCUT2D eigenvalue weighted by molar-refractivity contribution is 0.0432. The van der Waals surface area contributed by atoms with Crippen molar-refractivity contribution in [3.8, 4) is 0 Å². The van der Waals surface area contributed by atoms with Crippen molar-refractivity contribution in [2.45, 2.75) is 58.0 Å². The van der Waals surface area contributed by atoms with Crippen molar-refractivity contribution < 1.29 is 9.53 Å². The summed E-state index contributed by atoms with van der Waals surface area (Å²) >= 11 is 0. The van der Waals surface area contributed by atoms with Gasteiger partial charge in [0.25, 0.3) is 5.91 Å². The molecule has 1 fully saturated rings. The summed E-state index contributed by atoms with van der Waals surface area (Å²) in [6.45, 7) is 4.57. The number of nitrogens with one attached hydrogen (secondary N) is 1. The van der Waals surface area contributed by atoms with E-state index in [0.29, 0.717) is 11.8 Å². The second kappa shape index (κ2) is 6.60. The van der Waals surface area contributed by atoms with Crippen LogP contribution in [0.4, 0.5) is 0 Å². The predicted molar refractivity (Wildman–Crippen MR) is 80.4 cm³/mol. The fourth-order valence-electron chi connectivity index (χ4n) is 3.37. The van der Waals surface area contributed by atoms with Crippen molar-refractivity contribution in [2.75, 3.05) is 19.7 Å². The molecule has 1 amide bonds. The lowest BCUT2D eigenvalue weighted by Crippen LogP contribution is -2.33. The summed E-state index contributed by atoms with van der Waals surface area (Å²) in [6.07, 6.45) is 7.54. The Bertz CT molecular complexity index is 498. The fraction of sp³-hybridized carbons (Fsp3) is 0.750. The molecule has 21 heavy (non-hydrogen) atoms. The van der Waals surface area contributed by atoms with Crippen LogP contribution in [0.3, 0.4) is 0 Å². The second-order valence-corrected chi connectivity index (χ2v) is 6.10. The van der Waals surface area contributed by atoms with Gasteiger partial charge in [-0.15, -0.1) is 0 Å². The average Bonchev–Trinajstić information content (AvgIpc) is 3.02. The van der Waals surface area contributed by atoms with Crippen LogP contribution in [0, 0.1) is 0 Å². The monoisotopic (exact) mass is 291 g/mol. The van der Waals surface area contributed by atoms with Gasteiger partial charge >= 0.3 is 0 Å². The van der Waals surface area contributed by atoms with Gasteiger partial charge in [0.05, 0.1) is 6.10 Å². The highest BCUT2D eigenvalue weighted by Crippen LogP contribution is 2.24. The molecule has 0 spiro atoms. The van der Waals surface area contributed by atoms with Gasteiger partial charge in [0.15, 0.2) is 5.69 Å². The molecule has 0 unspecified atom stereocenters. The normalized spacial score (nSPS) is 22.1. The summed E-state index contributed by atoms with van der Waals surface area (Å²) < 4.78 is 5.85. The second-order valence-electron chi connectivity index (χ2n) is 6.10. The number of H-pyrrole nitrogens is 1. The average molecular weight is 291 g/mol. The smallest absolute Gasteiger partial charge is 0.274 e. The number of aryl methyl sites for hydroxylation is 1. The molecule has 1 aromatic heterocycles. The molecule has 3 rings (SSSR count). The van der Waals surface area contributed by atoms with Crippen LogP contribution in [-0.4, -0.2) is 46.8 Å². The number of amides is 1. The molecule has 1 atom stereocenters. The Morgan fingerprint density at radius 1 is 1.33 bits per heavy atom. The Balaban J connectivity index is 1.62. The number of hydrogen-bond donors (Lipinski definition) is 1.